The second kappa shape index (κ2) is 8.29. The second-order valence-electron chi connectivity index (χ2n) is 5.57. The van der Waals surface area contributed by atoms with Crippen molar-refractivity contribution in [2.45, 2.75) is 26.2 Å². The van der Waals surface area contributed by atoms with Crippen molar-refractivity contribution in [2.24, 2.45) is 0 Å². The fourth-order valence-corrected chi connectivity index (χ4v) is 2.51. The zero-order valence-corrected chi connectivity index (χ0v) is 14.0. The third-order valence-electron chi connectivity index (χ3n) is 3.81. The van der Waals surface area contributed by atoms with Gasteiger partial charge in [-0.25, -0.2) is 0 Å². The Balaban J connectivity index is 1.82. The molecule has 0 bridgehead atoms. The number of hydrogen-bond acceptors (Lipinski definition) is 4. The summed E-state index contributed by atoms with van der Waals surface area (Å²) in [5.41, 5.74) is 1.61. The molecule has 0 saturated heterocycles. The lowest BCUT2D eigenvalue weighted by atomic mass is 10.1. The Morgan fingerprint density at radius 1 is 1.21 bits per heavy atom. The fourth-order valence-electron chi connectivity index (χ4n) is 2.51. The van der Waals surface area contributed by atoms with Crippen LogP contribution in [0.25, 0.3) is 10.9 Å². The highest BCUT2D eigenvalue weighted by Gasteiger charge is 2.16. The molecule has 0 saturated carbocycles. The fraction of sp³-hybridized carbons (Fsp3) is 0.389. The van der Waals surface area contributed by atoms with Gasteiger partial charge in [-0.15, -0.1) is 0 Å². The number of ketones is 1. The summed E-state index contributed by atoms with van der Waals surface area (Å²) in [4.78, 5) is 40.0. The van der Waals surface area contributed by atoms with Crippen LogP contribution in [0, 0.1) is 0 Å². The maximum atomic E-state index is 12.3. The summed E-state index contributed by atoms with van der Waals surface area (Å²) >= 11 is 0. The number of fused-ring (bicyclic) bond motifs is 1. The van der Waals surface area contributed by atoms with E-state index >= 15 is 0 Å². The maximum absolute atomic E-state index is 12.3. The molecule has 0 aliphatic carbocycles. The topological polar surface area (TPSA) is 79.5 Å². The summed E-state index contributed by atoms with van der Waals surface area (Å²) in [5.74, 6) is -0.782. The summed E-state index contributed by atoms with van der Waals surface area (Å²) in [6.45, 7) is 2.38. The maximum Gasteiger partial charge on any atom is 0.315 e. The molecular weight excluding hydrogens is 308 g/mol. The van der Waals surface area contributed by atoms with Crippen LogP contribution in [0.4, 0.5) is 0 Å². The molecule has 128 valence electrons. The zero-order chi connectivity index (χ0) is 17.5. The zero-order valence-electron chi connectivity index (χ0n) is 14.0. The number of amides is 1. The molecule has 0 aliphatic heterocycles. The molecule has 1 amide bonds. The molecule has 6 nitrogen and oxygen atoms in total. The number of Topliss-reactive ketones (excluding diaryl/α,β-unsaturated/α-hetero) is 1. The lowest BCUT2D eigenvalue weighted by molar-refractivity contribution is -0.148. The van der Waals surface area contributed by atoms with Crippen LogP contribution < -0.4 is 0 Å². The van der Waals surface area contributed by atoms with Gasteiger partial charge in [0.1, 0.15) is 6.42 Å². The predicted octanol–water partition coefficient (Wildman–Crippen LogP) is 2.54. The van der Waals surface area contributed by atoms with Gasteiger partial charge < -0.3 is 14.6 Å². The first-order chi connectivity index (χ1) is 11.5. The normalized spacial score (nSPS) is 10.6. The van der Waals surface area contributed by atoms with Crippen molar-refractivity contribution >= 4 is 28.6 Å². The van der Waals surface area contributed by atoms with E-state index in [2.05, 4.69) is 4.98 Å². The van der Waals surface area contributed by atoms with E-state index in [4.69, 9.17) is 4.74 Å². The molecular formula is C18H22N2O4. The van der Waals surface area contributed by atoms with Gasteiger partial charge >= 0.3 is 5.97 Å². The molecule has 0 atom stereocenters. The van der Waals surface area contributed by atoms with Gasteiger partial charge in [0, 0.05) is 42.7 Å². The molecule has 1 aromatic carbocycles. The number of nitrogens with one attached hydrogen (secondary N) is 1. The van der Waals surface area contributed by atoms with Crippen molar-refractivity contribution in [3.05, 3.63) is 36.0 Å². The molecule has 0 aliphatic rings. The summed E-state index contributed by atoms with van der Waals surface area (Å²) in [6, 6.07) is 7.65. The molecule has 2 aromatic rings. The molecule has 0 fully saturated rings. The monoisotopic (exact) mass is 330 g/mol. The Morgan fingerprint density at radius 3 is 2.71 bits per heavy atom. The van der Waals surface area contributed by atoms with Crippen LogP contribution in [0.2, 0.25) is 0 Å². The predicted molar refractivity (Wildman–Crippen MR) is 90.8 cm³/mol. The smallest absolute Gasteiger partial charge is 0.315 e. The Hall–Kier alpha value is -2.63. The van der Waals surface area contributed by atoms with Crippen LogP contribution in [-0.4, -0.2) is 47.7 Å². The molecule has 24 heavy (non-hydrogen) atoms. The highest BCUT2D eigenvalue weighted by molar-refractivity contribution is 6.07. The number of benzene rings is 1. The first-order valence-electron chi connectivity index (χ1n) is 8.01. The van der Waals surface area contributed by atoms with E-state index < -0.39 is 5.97 Å². The van der Waals surface area contributed by atoms with Gasteiger partial charge in [-0.05, 0) is 19.4 Å². The Morgan fingerprint density at radius 2 is 1.96 bits per heavy atom. The molecule has 6 heteroatoms. The van der Waals surface area contributed by atoms with Crippen molar-refractivity contribution in [2.75, 3.05) is 20.2 Å². The molecule has 1 heterocycles. The minimum Gasteiger partial charge on any atom is -0.466 e. The SMILES string of the molecule is CCOC(=O)CC(=O)N(C)CCCC(=O)c1c[nH]c2ccccc12. The van der Waals surface area contributed by atoms with Crippen molar-refractivity contribution in [1.82, 2.24) is 9.88 Å². The van der Waals surface area contributed by atoms with Crippen molar-refractivity contribution in [1.29, 1.82) is 0 Å². The number of esters is 1. The number of carbonyl (C=O) groups is 3. The molecule has 2 rings (SSSR count). The van der Waals surface area contributed by atoms with Crippen molar-refractivity contribution in [3.8, 4) is 0 Å². The average Bonchev–Trinajstić information content (AvgIpc) is 2.98. The Kier molecular flexibility index (Phi) is 6.12. The summed E-state index contributed by atoms with van der Waals surface area (Å²) < 4.78 is 4.75. The van der Waals surface area contributed by atoms with Gasteiger partial charge in [0.25, 0.3) is 0 Å². The number of ether oxygens (including phenoxy) is 1. The van der Waals surface area contributed by atoms with Gasteiger partial charge in [0.2, 0.25) is 5.91 Å². The number of para-hydroxylation sites is 1. The third kappa shape index (κ3) is 4.44. The van der Waals surface area contributed by atoms with Crippen LogP contribution in [0.3, 0.4) is 0 Å². The Bertz CT molecular complexity index is 735. The molecule has 1 aromatic heterocycles. The molecule has 0 spiro atoms. The number of aromatic nitrogens is 1. The number of H-pyrrole nitrogens is 1. The lowest BCUT2D eigenvalue weighted by Gasteiger charge is -2.16. The van der Waals surface area contributed by atoms with Crippen LogP contribution in [0.1, 0.15) is 36.5 Å². The van der Waals surface area contributed by atoms with E-state index in [0.29, 0.717) is 24.9 Å². The van der Waals surface area contributed by atoms with Crippen molar-refractivity contribution < 1.29 is 19.1 Å². The summed E-state index contributed by atoms with van der Waals surface area (Å²) in [6.07, 6.45) is 2.35. The van der Waals surface area contributed by atoms with Crippen LogP contribution in [0.5, 0.6) is 0 Å². The molecule has 0 radical (unpaired) electrons. The first kappa shape index (κ1) is 17.7. The van der Waals surface area contributed by atoms with Gasteiger partial charge in [-0.2, -0.15) is 0 Å². The van der Waals surface area contributed by atoms with E-state index in [1.807, 2.05) is 24.3 Å². The van der Waals surface area contributed by atoms with E-state index in [9.17, 15) is 14.4 Å². The van der Waals surface area contributed by atoms with Gasteiger partial charge in [0.15, 0.2) is 5.78 Å². The molecule has 0 unspecified atom stereocenters. The van der Waals surface area contributed by atoms with E-state index in [1.165, 1.54) is 4.90 Å². The number of aromatic amines is 1. The molecule has 1 N–H and O–H groups in total. The van der Waals surface area contributed by atoms with Gasteiger partial charge in [-0.3, -0.25) is 14.4 Å². The van der Waals surface area contributed by atoms with E-state index in [-0.39, 0.29) is 24.7 Å². The average molecular weight is 330 g/mol. The van der Waals surface area contributed by atoms with E-state index in [1.54, 1.807) is 20.2 Å². The largest absolute Gasteiger partial charge is 0.466 e. The standard InChI is InChI=1S/C18H22N2O4/c1-3-24-18(23)11-17(22)20(2)10-6-9-16(21)14-12-19-15-8-5-4-7-13(14)15/h4-5,7-8,12,19H,3,6,9-11H2,1-2H3. The van der Waals surface area contributed by atoms with Crippen LogP contribution in [0.15, 0.2) is 30.5 Å². The number of rotatable bonds is 8. The van der Waals surface area contributed by atoms with Crippen molar-refractivity contribution in [3.63, 3.8) is 0 Å². The van der Waals surface area contributed by atoms with E-state index in [0.717, 1.165) is 10.9 Å². The number of nitrogens with zero attached hydrogens (tertiary/aromatic N) is 1. The minimum atomic E-state index is -0.524. The highest BCUT2D eigenvalue weighted by atomic mass is 16.5. The number of hydrogen-bond donors (Lipinski definition) is 1. The lowest BCUT2D eigenvalue weighted by Crippen LogP contribution is -2.30. The first-order valence-corrected chi connectivity index (χ1v) is 8.01. The quantitative estimate of drug-likeness (QED) is 0.458. The van der Waals surface area contributed by atoms with Crippen LogP contribution in [-0.2, 0) is 14.3 Å². The Labute approximate surface area is 140 Å². The number of carbonyl (C=O) groups excluding carboxylic acids is 3. The summed E-state index contributed by atoms with van der Waals surface area (Å²) in [7, 11) is 1.62. The summed E-state index contributed by atoms with van der Waals surface area (Å²) in [5, 5.41) is 0.911. The third-order valence-corrected chi connectivity index (χ3v) is 3.81. The van der Waals surface area contributed by atoms with Gasteiger partial charge in [-0.1, -0.05) is 18.2 Å². The highest BCUT2D eigenvalue weighted by Crippen LogP contribution is 2.19. The van der Waals surface area contributed by atoms with Gasteiger partial charge in [0.05, 0.1) is 6.61 Å². The second-order valence-corrected chi connectivity index (χ2v) is 5.57. The minimum absolute atomic E-state index is 0.0405. The van der Waals surface area contributed by atoms with Crippen LogP contribution >= 0.6 is 0 Å².